The first-order chi connectivity index (χ1) is 11.2. The van der Waals surface area contributed by atoms with E-state index in [4.69, 9.17) is 0 Å². The normalized spacial score (nSPS) is 18.7. The Kier molecular flexibility index (Phi) is 5.28. The van der Waals surface area contributed by atoms with Crippen molar-refractivity contribution in [1.29, 1.82) is 0 Å². The molecule has 0 atom stereocenters. The van der Waals surface area contributed by atoms with Crippen molar-refractivity contribution in [3.8, 4) is 0 Å². The van der Waals surface area contributed by atoms with E-state index in [1.54, 1.807) is 0 Å². The average Bonchev–Trinajstić information content (AvgIpc) is 3.41. The monoisotopic (exact) mass is 315 g/mol. The Morgan fingerprint density at radius 3 is 2.39 bits per heavy atom. The summed E-state index contributed by atoms with van der Waals surface area (Å²) >= 11 is 0. The van der Waals surface area contributed by atoms with Gasteiger partial charge in [-0.05, 0) is 18.4 Å². The average molecular weight is 315 g/mol. The van der Waals surface area contributed by atoms with Gasteiger partial charge in [0.05, 0.1) is 0 Å². The highest BCUT2D eigenvalue weighted by molar-refractivity contribution is 5.82. The molecule has 0 aromatic heterocycles. The molecule has 1 aliphatic carbocycles. The van der Waals surface area contributed by atoms with Crippen molar-refractivity contribution in [3.05, 3.63) is 35.9 Å². The van der Waals surface area contributed by atoms with Crippen LogP contribution in [0.5, 0.6) is 0 Å². The van der Waals surface area contributed by atoms with Crippen molar-refractivity contribution >= 4 is 11.8 Å². The maximum atomic E-state index is 12.2. The van der Waals surface area contributed by atoms with Gasteiger partial charge in [0.25, 0.3) is 0 Å². The SMILES string of the molecule is O=C(NCCC(=O)N1CCN(Cc2ccccc2)CC1)C1CC1. The molecule has 2 amide bonds. The first kappa shape index (κ1) is 16.0. The molecule has 1 saturated heterocycles. The summed E-state index contributed by atoms with van der Waals surface area (Å²) in [5.41, 5.74) is 1.31. The van der Waals surface area contributed by atoms with Crippen LogP contribution in [0, 0.1) is 5.92 Å². The van der Waals surface area contributed by atoms with Gasteiger partial charge in [0.2, 0.25) is 11.8 Å². The van der Waals surface area contributed by atoms with Crippen LogP contribution in [0.25, 0.3) is 0 Å². The van der Waals surface area contributed by atoms with E-state index in [2.05, 4.69) is 34.5 Å². The third kappa shape index (κ3) is 4.79. The van der Waals surface area contributed by atoms with Crippen molar-refractivity contribution in [1.82, 2.24) is 15.1 Å². The number of hydrogen-bond acceptors (Lipinski definition) is 3. The Hall–Kier alpha value is -1.88. The molecule has 0 unspecified atom stereocenters. The van der Waals surface area contributed by atoms with Crippen LogP contribution in [0.4, 0.5) is 0 Å². The highest BCUT2D eigenvalue weighted by Gasteiger charge is 2.29. The van der Waals surface area contributed by atoms with E-state index in [1.165, 1.54) is 5.56 Å². The minimum absolute atomic E-state index is 0.116. The molecule has 1 heterocycles. The number of nitrogens with one attached hydrogen (secondary N) is 1. The highest BCUT2D eigenvalue weighted by Crippen LogP contribution is 2.28. The van der Waals surface area contributed by atoms with Gasteiger partial charge in [0, 0.05) is 51.6 Å². The van der Waals surface area contributed by atoms with Gasteiger partial charge in [-0.25, -0.2) is 0 Å². The summed E-state index contributed by atoms with van der Waals surface area (Å²) < 4.78 is 0. The first-order valence-electron chi connectivity index (χ1n) is 8.54. The predicted octanol–water partition coefficient (Wildman–Crippen LogP) is 1.25. The van der Waals surface area contributed by atoms with Gasteiger partial charge in [-0.3, -0.25) is 14.5 Å². The summed E-state index contributed by atoms with van der Waals surface area (Å²) in [6.45, 7) is 4.80. The molecular formula is C18H25N3O2. The standard InChI is InChI=1S/C18H25N3O2/c22-17(8-9-19-18(23)16-6-7-16)21-12-10-20(11-13-21)14-15-4-2-1-3-5-15/h1-5,16H,6-14H2,(H,19,23). The Morgan fingerprint density at radius 2 is 1.74 bits per heavy atom. The molecule has 1 aromatic rings. The molecule has 0 spiro atoms. The number of carbonyl (C=O) groups excluding carboxylic acids is 2. The summed E-state index contributed by atoms with van der Waals surface area (Å²) in [4.78, 5) is 28.0. The third-order valence-electron chi connectivity index (χ3n) is 4.56. The summed E-state index contributed by atoms with van der Waals surface area (Å²) in [5, 5.41) is 2.86. The number of hydrogen-bond donors (Lipinski definition) is 1. The fourth-order valence-corrected chi connectivity index (χ4v) is 2.94. The van der Waals surface area contributed by atoms with Crippen LogP contribution in [0.1, 0.15) is 24.8 Å². The maximum Gasteiger partial charge on any atom is 0.224 e. The molecule has 0 bridgehead atoms. The Morgan fingerprint density at radius 1 is 1.04 bits per heavy atom. The van der Waals surface area contributed by atoms with Gasteiger partial charge in [-0.15, -0.1) is 0 Å². The van der Waals surface area contributed by atoms with Crippen LogP contribution in [-0.2, 0) is 16.1 Å². The summed E-state index contributed by atoms with van der Waals surface area (Å²) in [6.07, 6.45) is 2.42. The van der Waals surface area contributed by atoms with Crippen LogP contribution < -0.4 is 5.32 Å². The van der Waals surface area contributed by atoms with Gasteiger partial charge < -0.3 is 10.2 Å². The first-order valence-corrected chi connectivity index (χ1v) is 8.54. The molecule has 5 heteroatoms. The number of amides is 2. The number of carbonyl (C=O) groups is 2. The molecule has 1 aliphatic heterocycles. The topological polar surface area (TPSA) is 52.7 Å². The van der Waals surface area contributed by atoms with Gasteiger partial charge in [0.1, 0.15) is 0 Å². The van der Waals surface area contributed by atoms with Crippen molar-refractivity contribution < 1.29 is 9.59 Å². The van der Waals surface area contributed by atoms with Crippen molar-refractivity contribution in [2.45, 2.75) is 25.8 Å². The van der Waals surface area contributed by atoms with Crippen LogP contribution in [0.2, 0.25) is 0 Å². The van der Waals surface area contributed by atoms with E-state index in [9.17, 15) is 9.59 Å². The summed E-state index contributed by atoms with van der Waals surface area (Å²) in [5.74, 6) is 0.484. The fourth-order valence-electron chi connectivity index (χ4n) is 2.94. The molecule has 124 valence electrons. The maximum absolute atomic E-state index is 12.2. The second-order valence-corrected chi connectivity index (χ2v) is 6.46. The van der Waals surface area contributed by atoms with E-state index >= 15 is 0 Å². The van der Waals surface area contributed by atoms with Gasteiger partial charge in [-0.2, -0.15) is 0 Å². The second-order valence-electron chi connectivity index (χ2n) is 6.46. The number of nitrogens with zero attached hydrogens (tertiary/aromatic N) is 2. The number of rotatable bonds is 6. The Balaban J connectivity index is 1.34. The largest absolute Gasteiger partial charge is 0.355 e. The quantitative estimate of drug-likeness (QED) is 0.859. The van der Waals surface area contributed by atoms with Crippen LogP contribution >= 0.6 is 0 Å². The molecule has 5 nitrogen and oxygen atoms in total. The lowest BCUT2D eigenvalue weighted by molar-refractivity contribution is -0.133. The lowest BCUT2D eigenvalue weighted by Gasteiger charge is -2.34. The Bertz CT molecular complexity index is 534. The van der Waals surface area contributed by atoms with E-state index < -0.39 is 0 Å². The number of piperazine rings is 1. The lowest BCUT2D eigenvalue weighted by atomic mass is 10.2. The predicted molar refractivity (Wildman–Crippen MR) is 88.6 cm³/mol. The van der Waals surface area contributed by atoms with Crippen LogP contribution in [-0.4, -0.2) is 54.3 Å². The summed E-state index contributed by atoms with van der Waals surface area (Å²) in [6, 6.07) is 10.4. The number of benzene rings is 1. The summed E-state index contributed by atoms with van der Waals surface area (Å²) in [7, 11) is 0. The highest BCUT2D eigenvalue weighted by atomic mass is 16.2. The molecule has 23 heavy (non-hydrogen) atoms. The zero-order valence-corrected chi connectivity index (χ0v) is 13.5. The van der Waals surface area contributed by atoms with E-state index in [1.807, 2.05) is 11.0 Å². The minimum atomic E-state index is 0.116. The van der Waals surface area contributed by atoms with E-state index in [0.717, 1.165) is 45.6 Å². The molecule has 2 fully saturated rings. The van der Waals surface area contributed by atoms with Crippen molar-refractivity contribution in [2.75, 3.05) is 32.7 Å². The molecule has 1 saturated carbocycles. The molecule has 2 aliphatic rings. The molecule has 1 aromatic carbocycles. The van der Waals surface area contributed by atoms with Crippen LogP contribution in [0.15, 0.2) is 30.3 Å². The molecule has 1 N–H and O–H groups in total. The lowest BCUT2D eigenvalue weighted by Crippen LogP contribution is -2.48. The van der Waals surface area contributed by atoms with Gasteiger partial charge in [-0.1, -0.05) is 30.3 Å². The van der Waals surface area contributed by atoms with Gasteiger partial charge >= 0.3 is 0 Å². The Labute approximate surface area is 137 Å². The molecular weight excluding hydrogens is 290 g/mol. The van der Waals surface area contributed by atoms with Crippen molar-refractivity contribution in [2.24, 2.45) is 5.92 Å². The third-order valence-corrected chi connectivity index (χ3v) is 4.56. The minimum Gasteiger partial charge on any atom is -0.355 e. The van der Waals surface area contributed by atoms with Crippen molar-refractivity contribution in [3.63, 3.8) is 0 Å². The smallest absolute Gasteiger partial charge is 0.224 e. The second kappa shape index (κ2) is 7.59. The zero-order chi connectivity index (χ0) is 16.1. The van der Waals surface area contributed by atoms with Gasteiger partial charge in [0.15, 0.2) is 0 Å². The zero-order valence-electron chi connectivity index (χ0n) is 13.5. The van der Waals surface area contributed by atoms with Crippen LogP contribution in [0.3, 0.4) is 0 Å². The van der Waals surface area contributed by atoms with E-state index in [0.29, 0.717) is 13.0 Å². The molecule has 0 radical (unpaired) electrons. The fraction of sp³-hybridized carbons (Fsp3) is 0.556. The molecule has 3 rings (SSSR count). The van der Waals surface area contributed by atoms with E-state index in [-0.39, 0.29) is 17.7 Å².